The van der Waals surface area contributed by atoms with Gasteiger partial charge in [-0.05, 0) is 67.5 Å². The van der Waals surface area contributed by atoms with Gasteiger partial charge in [-0.15, -0.1) is 5.10 Å². The number of carboxylic acid groups (broad SMARTS) is 1. The molecule has 0 aliphatic heterocycles. The van der Waals surface area contributed by atoms with Crippen molar-refractivity contribution in [2.75, 3.05) is 10.6 Å². The number of amides is 1. The number of anilines is 3. The molecule has 1 saturated carbocycles. The fourth-order valence-corrected chi connectivity index (χ4v) is 4.36. The Bertz CT molecular complexity index is 1110. The zero-order valence-corrected chi connectivity index (χ0v) is 18.7. The highest BCUT2D eigenvalue weighted by Crippen LogP contribution is 2.33. The number of aliphatic carboxylic acids is 1. The van der Waals surface area contributed by atoms with Gasteiger partial charge in [0.25, 0.3) is 0 Å². The maximum atomic E-state index is 12.5. The fourth-order valence-electron chi connectivity index (χ4n) is 4.17. The molecule has 1 aliphatic carbocycles. The summed E-state index contributed by atoms with van der Waals surface area (Å²) in [6, 6.07) is 14.8. The Kier molecular flexibility index (Phi) is 7.24. The van der Waals surface area contributed by atoms with E-state index in [9.17, 15) is 14.7 Å². The number of benzene rings is 2. The molecule has 9 heteroatoms. The van der Waals surface area contributed by atoms with Crippen molar-refractivity contribution in [1.82, 2.24) is 10.2 Å². The molecule has 0 unspecified atom stereocenters. The lowest BCUT2D eigenvalue weighted by Crippen LogP contribution is -2.16. The van der Waals surface area contributed by atoms with Crippen LogP contribution in [0.25, 0.3) is 0 Å². The van der Waals surface area contributed by atoms with Crippen LogP contribution in [0.2, 0.25) is 5.02 Å². The molecule has 0 bridgehead atoms. The van der Waals surface area contributed by atoms with Crippen molar-refractivity contribution in [3.8, 4) is 0 Å². The van der Waals surface area contributed by atoms with Crippen LogP contribution in [0.1, 0.15) is 60.7 Å². The highest BCUT2D eigenvalue weighted by molar-refractivity contribution is 6.30. The van der Waals surface area contributed by atoms with Gasteiger partial charge in [0, 0.05) is 16.4 Å². The number of carboxylic acids is 1. The van der Waals surface area contributed by atoms with Crippen molar-refractivity contribution in [1.29, 1.82) is 0 Å². The summed E-state index contributed by atoms with van der Waals surface area (Å²) in [7, 11) is 0. The van der Waals surface area contributed by atoms with Crippen molar-refractivity contribution in [2.45, 2.75) is 44.4 Å². The van der Waals surface area contributed by atoms with Crippen LogP contribution < -0.4 is 10.6 Å². The molecule has 1 heterocycles. The molecule has 0 atom stereocenters. The zero-order valence-electron chi connectivity index (χ0n) is 18.0. The predicted octanol–water partition coefficient (Wildman–Crippen LogP) is 5.86. The van der Waals surface area contributed by atoms with E-state index in [0.717, 1.165) is 38.5 Å². The molecule has 0 radical (unpaired) electrons. The third kappa shape index (κ3) is 6.10. The van der Waals surface area contributed by atoms with E-state index >= 15 is 0 Å². The van der Waals surface area contributed by atoms with Crippen LogP contribution >= 0.6 is 11.6 Å². The van der Waals surface area contributed by atoms with Gasteiger partial charge in [0.2, 0.25) is 0 Å². The van der Waals surface area contributed by atoms with E-state index in [2.05, 4.69) is 20.8 Å². The van der Waals surface area contributed by atoms with Gasteiger partial charge in [0.1, 0.15) is 0 Å². The molecule has 3 aromatic rings. The first kappa shape index (κ1) is 22.8. The molecule has 1 aromatic heterocycles. The average molecular weight is 469 g/mol. The number of halogens is 1. The summed E-state index contributed by atoms with van der Waals surface area (Å²) in [6.45, 7) is 0. The Labute approximate surface area is 196 Å². The number of hydrogen-bond donors (Lipinski definition) is 3. The lowest BCUT2D eigenvalue weighted by atomic mass is 9.82. The van der Waals surface area contributed by atoms with Gasteiger partial charge in [-0.1, -0.05) is 47.7 Å². The second kappa shape index (κ2) is 10.5. The average Bonchev–Trinajstić information content (AvgIpc) is 3.23. The SMILES string of the molecule is O=C(Nc1ccc(C2CCCC(C(=O)O)CCC2)cc1)c1nnc(Nc2cccc(Cl)c2)o1. The maximum Gasteiger partial charge on any atom is 0.320 e. The first-order valence-electron chi connectivity index (χ1n) is 11.0. The van der Waals surface area contributed by atoms with Crippen molar-refractivity contribution >= 4 is 40.9 Å². The normalized spacial score (nSPS) is 18.7. The highest BCUT2D eigenvalue weighted by atomic mass is 35.5. The van der Waals surface area contributed by atoms with Crippen molar-refractivity contribution in [3.05, 3.63) is 65.0 Å². The minimum Gasteiger partial charge on any atom is -0.481 e. The van der Waals surface area contributed by atoms with E-state index in [1.807, 2.05) is 24.3 Å². The van der Waals surface area contributed by atoms with Gasteiger partial charge < -0.3 is 20.2 Å². The first-order valence-corrected chi connectivity index (χ1v) is 11.4. The molecular formula is C24H25ClN4O4. The largest absolute Gasteiger partial charge is 0.481 e. The Morgan fingerprint density at radius 1 is 0.970 bits per heavy atom. The summed E-state index contributed by atoms with van der Waals surface area (Å²) in [4.78, 5) is 23.7. The van der Waals surface area contributed by atoms with Gasteiger partial charge in [-0.25, -0.2) is 0 Å². The summed E-state index contributed by atoms with van der Waals surface area (Å²) in [6.07, 6.45) is 5.22. The smallest absolute Gasteiger partial charge is 0.320 e. The summed E-state index contributed by atoms with van der Waals surface area (Å²) < 4.78 is 5.40. The Hall–Kier alpha value is -3.39. The number of nitrogens with one attached hydrogen (secondary N) is 2. The van der Waals surface area contributed by atoms with E-state index in [0.29, 0.717) is 22.3 Å². The minimum absolute atomic E-state index is 0.0900. The van der Waals surface area contributed by atoms with Gasteiger partial charge in [0.05, 0.1) is 5.92 Å². The second-order valence-electron chi connectivity index (χ2n) is 8.22. The molecule has 33 heavy (non-hydrogen) atoms. The van der Waals surface area contributed by atoms with Crippen molar-refractivity contribution < 1.29 is 19.1 Å². The zero-order chi connectivity index (χ0) is 23.2. The summed E-state index contributed by atoms with van der Waals surface area (Å²) >= 11 is 5.96. The number of aromatic nitrogens is 2. The number of hydrogen-bond acceptors (Lipinski definition) is 6. The number of rotatable bonds is 6. The molecular weight excluding hydrogens is 444 g/mol. The second-order valence-corrected chi connectivity index (χ2v) is 8.65. The van der Waals surface area contributed by atoms with E-state index in [-0.39, 0.29) is 17.8 Å². The lowest BCUT2D eigenvalue weighted by Gasteiger charge is -2.23. The molecule has 3 N–H and O–H groups in total. The Morgan fingerprint density at radius 3 is 2.36 bits per heavy atom. The van der Waals surface area contributed by atoms with Gasteiger partial charge >= 0.3 is 23.8 Å². The van der Waals surface area contributed by atoms with Gasteiger partial charge in [-0.2, -0.15) is 0 Å². The lowest BCUT2D eigenvalue weighted by molar-refractivity contribution is -0.142. The number of carbonyl (C=O) groups is 2. The van der Waals surface area contributed by atoms with Crippen LogP contribution in [0.5, 0.6) is 0 Å². The summed E-state index contributed by atoms with van der Waals surface area (Å²) in [5, 5.41) is 23.1. The molecule has 1 amide bonds. The predicted molar refractivity (Wildman–Crippen MR) is 125 cm³/mol. The van der Waals surface area contributed by atoms with Crippen molar-refractivity contribution in [3.63, 3.8) is 0 Å². The van der Waals surface area contributed by atoms with E-state index in [1.54, 1.807) is 24.3 Å². The quantitative estimate of drug-likeness (QED) is 0.414. The molecule has 8 nitrogen and oxygen atoms in total. The van der Waals surface area contributed by atoms with Crippen LogP contribution in [0, 0.1) is 5.92 Å². The van der Waals surface area contributed by atoms with E-state index in [4.69, 9.17) is 16.0 Å². The Morgan fingerprint density at radius 2 is 1.70 bits per heavy atom. The molecule has 0 spiro atoms. The number of carbonyl (C=O) groups excluding carboxylic acids is 1. The maximum absolute atomic E-state index is 12.5. The highest BCUT2D eigenvalue weighted by Gasteiger charge is 2.22. The third-order valence-corrected chi connectivity index (χ3v) is 6.13. The monoisotopic (exact) mass is 468 g/mol. The van der Waals surface area contributed by atoms with E-state index < -0.39 is 11.9 Å². The van der Waals surface area contributed by atoms with Gasteiger partial charge in [0.15, 0.2) is 0 Å². The Balaban J connectivity index is 1.33. The van der Waals surface area contributed by atoms with Crippen LogP contribution in [0.4, 0.5) is 17.4 Å². The molecule has 172 valence electrons. The van der Waals surface area contributed by atoms with Crippen molar-refractivity contribution in [2.24, 2.45) is 5.92 Å². The number of nitrogens with zero attached hydrogens (tertiary/aromatic N) is 2. The molecule has 1 aliphatic rings. The molecule has 0 saturated heterocycles. The topological polar surface area (TPSA) is 117 Å². The summed E-state index contributed by atoms with van der Waals surface area (Å²) in [5.74, 6) is -1.14. The van der Waals surface area contributed by atoms with Crippen LogP contribution in [0.3, 0.4) is 0 Å². The summed E-state index contributed by atoms with van der Waals surface area (Å²) in [5.41, 5.74) is 2.50. The molecule has 1 fully saturated rings. The van der Waals surface area contributed by atoms with Crippen LogP contribution in [-0.2, 0) is 4.79 Å². The van der Waals surface area contributed by atoms with Crippen LogP contribution in [0.15, 0.2) is 52.9 Å². The van der Waals surface area contributed by atoms with Crippen LogP contribution in [-0.4, -0.2) is 27.2 Å². The minimum atomic E-state index is -0.679. The molecule has 4 rings (SSSR count). The first-order chi connectivity index (χ1) is 16.0. The molecule has 2 aromatic carbocycles. The fraction of sp³-hybridized carbons (Fsp3) is 0.333. The van der Waals surface area contributed by atoms with Gasteiger partial charge in [-0.3, -0.25) is 9.59 Å². The standard InChI is InChI=1S/C24H25ClN4O4/c25-18-8-3-9-20(14-18)27-24-29-28-22(33-24)21(30)26-19-12-10-16(11-13-19)15-4-1-6-17(23(31)32)7-2-5-15/h3,8-15,17H,1-2,4-7H2,(H,26,30)(H,27,29)(H,31,32). The third-order valence-electron chi connectivity index (χ3n) is 5.89. The van der Waals surface area contributed by atoms with E-state index in [1.165, 1.54) is 5.56 Å².